The van der Waals surface area contributed by atoms with Crippen LogP contribution in [-0.2, 0) is 27.1 Å². The van der Waals surface area contributed by atoms with Gasteiger partial charge in [-0.15, -0.1) is 0 Å². The standard InChI is InChI=1S/C17H23N3O2S.C2HF3O2/c1-13(2)20-23(21,22)12-16-6-4-15(5-7-16)11-19-17-10-14(3)8-9-18-17;3-2(4,5)1(6)7/h4-10,13,20H,11-12H2,1-3H3,(H,18,19);(H,6,7). The fourth-order valence-corrected chi connectivity index (χ4v) is 3.63. The smallest absolute Gasteiger partial charge is 0.475 e. The van der Waals surface area contributed by atoms with Crippen molar-refractivity contribution in [2.45, 2.75) is 45.3 Å². The van der Waals surface area contributed by atoms with E-state index in [1.54, 1.807) is 6.20 Å². The summed E-state index contributed by atoms with van der Waals surface area (Å²) in [5, 5.41) is 10.4. The number of hydrogen-bond donors (Lipinski definition) is 3. The number of anilines is 1. The Balaban J connectivity index is 0.000000553. The van der Waals surface area contributed by atoms with Gasteiger partial charge >= 0.3 is 12.1 Å². The average Bonchev–Trinajstić information content (AvgIpc) is 2.59. The zero-order valence-electron chi connectivity index (χ0n) is 16.7. The van der Waals surface area contributed by atoms with E-state index in [2.05, 4.69) is 15.0 Å². The normalized spacial score (nSPS) is 11.6. The molecule has 0 bridgehead atoms. The SMILES string of the molecule is Cc1ccnc(NCc2ccc(CS(=O)(=O)NC(C)C)cc2)c1.O=C(O)C(F)(F)F. The van der Waals surface area contributed by atoms with E-state index in [1.165, 1.54) is 0 Å². The number of nitrogens with one attached hydrogen (secondary N) is 2. The number of carboxylic acid groups (broad SMARTS) is 1. The minimum absolute atomic E-state index is 0.00166. The van der Waals surface area contributed by atoms with Gasteiger partial charge in [0.15, 0.2) is 0 Å². The fourth-order valence-electron chi connectivity index (χ4n) is 2.20. The Kier molecular flexibility index (Phi) is 9.24. The number of aromatic nitrogens is 1. The van der Waals surface area contributed by atoms with E-state index < -0.39 is 22.2 Å². The van der Waals surface area contributed by atoms with Crippen LogP contribution in [0.25, 0.3) is 0 Å². The quantitative estimate of drug-likeness (QED) is 0.600. The van der Waals surface area contributed by atoms with Crippen molar-refractivity contribution in [3.8, 4) is 0 Å². The van der Waals surface area contributed by atoms with Crippen LogP contribution in [0, 0.1) is 6.92 Å². The van der Waals surface area contributed by atoms with E-state index in [1.807, 2.05) is 57.2 Å². The number of carbonyl (C=O) groups is 1. The maximum atomic E-state index is 11.9. The largest absolute Gasteiger partial charge is 0.490 e. The van der Waals surface area contributed by atoms with Crippen molar-refractivity contribution in [3.63, 3.8) is 0 Å². The van der Waals surface area contributed by atoms with E-state index >= 15 is 0 Å². The van der Waals surface area contributed by atoms with Gasteiger partial charge in [0.2, 0.25) is 10.0 Å². The van der Waals surface area contributed by atoms with Crippen molar-refractivity contribution in [1.29, 1.82) is 0 Å². The number of benzene rings is 1. The Bertz CT molecular complexity index is 931. The lowest BCUT2D eigenvalue weighted by Gasteiger charge is -2.10. The van der Waals surface area contributed by atoms with Crippen LogP contribution in [0.15, 0.2) is 42.6 Å². The topological polar surface area (TPSA) is 108 Å². The van der Waals surface area contributed by atoms with Crippen LogP contribution < -0.4 is 10.0 Å². The second-order valence-electron chi connectivity index (χ2n) is 6.72. The summed E-state index contributed by atoms with van der Waals surface area (Å²) in [5.41, 5.74) is 3.00. The van der Waals surface area contributed by atoms with Gasteiger partial charge < -0.3 is 10.4 Å². The molecule has 0 amide bonds. The molecule has 0 aliphatic rings. The van der Waals surface area contributed by atoms with Crippen molar-refractivity contribution in [2.24, 2.45) is 0 Å². The number of sulfonamides is 1. The second-order valence-corrected chi connectivity index (χ2v) is 8.48. The van der Waals surface area contributed by atoms with Crippen LogP contribution in [-0.4, -0.2) is 36.7 Å². The third-order valence-corrected chi connectivity index (χ3v) is 4.97. The van der Waals surface area contributed by atoms with E-state index in [-0.39, 0.29) is 11.8 Å². The van der Waals surface area contributed by atoms with Crippen LogP contribution in [0.4, 0.5) is 19.0 Å². The van der Waals surface area contributed by atoms with Gasteiger partial charge in [-0.05, 0) is 49.6 Å². The first-order valence-electron chi connectivity index (χ1n) is 8.83. The zero-order valence-corrected chi connectivity index (χ0v) is 17.5. The van der Waals surface area contributed by atoms with Gasteiger partial charge in [-0.3, -0.25) is 0 Å². The number of aliphatic carboxylic acids is 1. The number of hydrogen-bond acceptors (Lipinski definition) is 5. The first-order valence-corrected chi connectivity index (χ1v) is 10.5. The summed E-state index contributed by atoms with van der Waals surface area (Å²) in [7, 11) is -3.28. The molecule has 7 nitrogen and oxygen atoms in total. The van der Waals surface area contributed by atoms with Crippen molar-refractivity contribution < 1.29 is 31.5 Å². The van der Waals surface area contributed by atoms with Crippen molar-refractivity contribution in [1.82, 2.24) is 9.71 Å². The van der Waals surface area contributed by atoms with Crippen LogP contribution in [0.1, 0.15) is 30.5 Å². The zero-order chi connectivity index (χ0) is 22.9. The minimum atomic E-state index is -5.08. The first kappa shape index (κ1) is 25.4. The Morgan fingerprint density at radius 2 is 1.67 bits per heavy atom. The molecule has 0 saturated carbocycles. The van der Waals surface area contributed by atoms with E-state index in [9.17, 15) is 21.6 Å². The van der Waals surface area contributed by atoms with Crippen molar-refractivity contribution >= 4 is 21.8 Å². The molecule has 0 radical (unpaired) electrons. The summed E-state index contributed by atoms with van der Waals surface area (Å²) >= 11 is 0. The minimum Gasteiger partial charge on any atom is -0.475 e. The molecule has 1 heterocycles. The third-order valence-electron chi connectivity index (χ3n) is 3.43. The van der Waals surface area contributed by atoms with Crippen LogP contribution in [0.3, 0.4) is 0 Å². The molecule has 0 atom stereocenters. The van der Waals surface area contributed by atoms with E-state index in [0.29, 0.717) is 6.54 Å². The summed E-state index contributed by atoms with van der Waals surface area (Å²) in [4.78, 5) is 13.1. The molecule has 0 unspecified atom stereocenters. The van der Waals surface area contributed by atoms with Gasteiger partial charge in [0, 0.05) is 18.8 Å². The molecule has 30 heavy (non-hydrogen) atoms. The maximum absolute atomic E-state index is 11.9. The predicted octanol–water partition coefficient (Wildman–Crippen LogP) is 3.46. The van der Waals surface area contributed by atoms with Gasteiger partial charge in [0.05, 0.1) is 5.75 Å². The predicted molar refractivity (Wildman–Crippen MR) is 107 cm³/mol. The van der Waals surface area contributed by atoms with Gasteiger partial charge in [-0.1, -0.05) is 24.3 Å². The Labute approximate surface area is 173 Å². The number of pyridine rings is 1. The van der Waals surface area contributed by atoms with E-state index in [0.717, 1.165) is 22.5 Å². The van der Waals surface area contributed by atoms with E-state index in [4.69, 9.17) is 9.90 Å². The number of nitrogens with zero attached hydrogens (tertiary/aromatic N) is 1. The molecule has 3 N–H and O–H groups in total. The molecule has 11 heteroatoms. The summed E-state index contributed by atoms with van der Waals surface area (Å²) in [6, 6.07) is 11.4. The molecular weight excluding hydrogens is 423 g/mol. The van der Waals surface area contributed by atoms with Gasteiger partial charge in [-0.25, -0.2) is 22.9 Å². The highest BCUT2D eigenvalue weighted by molar-refractivity contribution is 7.88. The molecule has 1 aromatic carbocycles. The lowest BCUT2D eigenvalue weighted by molar-refractivity contribution is -0.192. The average molecular weight is 447 g/mol. The summed E-state index contributed by atoms with van der Waals surface area (Å²) in [6.07, 6.45) is -3.31. The Morgan fingerprint density at radius 1 is 1.13 bits per heavy atom. The summed E-state index contributed by atoms with van der Waals surface area (Å²) < 4.78 is 58.1. The van der Waals surface area contributed by atoms with Crippen LogP contribution in [0.2, 0.25) is 0 Å². The van der Waals surface area contributed by atoms with Crippen molar-refractivity contribution in [3.05, 3.63) is 59.3 Å². The van der Waals surface area contributed by atoms with Gasteiger partial charge in [0.25, 0.3) is 0 Å². The number of alkyl halides is 3. The highest BCUT2D eigenvalue weighted by Gasteiger charge is 2.38. The molecule has 1 aromatic heterocycles. The first-order chi connectivity index (χ1) is 13.8. The second kappa shape index (κ2) is 10.9. The molecule has 2 rings (SSSR count). The van der Waals surface area contributed by atoms with Crippen LogP contribution in [0.5, 0.6) is 0 Å². The number of rotatable bonds is 7. The summed E-state index contributed by atoms with van der Waals surface area (Å²) in [6.45, 7) is 6.29. The molecule has 2 aromatic rings. The number of carboxylic acids is 1. The van der Waals surface area contributed by atoms with Crippen LogP contribution >= 0.6 is 0 Å². The maximum Gasteiger partial charge on any atom is 0.490 e. The molecule has 0 saturated heterocycles. The monoisotopic (exact) mass is 447 g/mol. The lowest BCUT2D eigenvalue weighted by atomic mass is 10.1. The third kappa shape index (κ3) is 10.2. The molecular formula is C19H24F3N3O4S. The Morgan fingerprint density at radius 3 is 2.13 bits per heavy atom. The molecule has 0 aliphatic heterocycles. The fraction of sp³-hybridized carbons (Fsp3) is 0.368. The van der Waals surface area contributed by atoms with Gasteiger partial charge in [-0.2, -0.15) is 13.2 Å². The molecule has 166 valence electrons. The van der Waals surface area contributed by atoms with Gasteiger partial charge in [0.1, 0.15) is 5.82 Å². The lowest BCUT2D eigenvalue weighted by Crippen LogP contribution is -2.31. The number of halogens is 3. The van der Waals surface area contributed by atoms with Crippen molar-refractivity contribution in [2.75, 3.05) is 5.32 Å². The summed E-state index contributed by atoms with van der Waals surface area (Å²) in [5.74, 6) is -1.93. The molecule has 0 fully saturated rings. The highest BCUT2D eigenvalue weighted by Crippen LogP contribution is 2.13. The number of aryl methyl sites for hydroxylation is 1. The Hall–Kier alpha value is -2.66. The highest BCUT2D eigenvalue weighted by atomic mass is 32.2. The molecule has 0 spiro atoms. The molecule has 0 aliphatic carbocycles.